The Hall–Kier alpha value is -3.08. The van der Waals surface area contributed by atoms with E-state index in [2.05, 4.69) is 11.7 Å². The highest BCUT2D eigenvalue weighted by molar-refractivity contribution is 6.03. The monoisotopic (exact) mass is 364 g/mol. The number of carbonyl (C=O) groups excluding carboxylic acids is 1. The zero-order valence-corrected chi connectivity index (χ0v) is 15.7. The van der Waals surface area contributed by atoms with Crippen molar-refractivity contribution in [2.75, 3.05) is 20.2 Å². The molecule has 0 bridgehead atoms. The van der Waals surface area contributed by atoms with Crippen molar-refractivity contribution in [2.24, 2.45) is 5.16 Å². The van der Waals surface area contributed by atoms with Crippen molar-refractivity contribution in [1.82, 2.24) is 4.90 Å². The molecule has 1 heterocycles. The summed E-state index contributed by atoms with van der Waals surface area (Å²) in [6, 6.07) is 15.3. The number of hydrogen-bond donors (Lipinski definition) is 0. The first-order valence-electron chi connectivity index (χ1n) is 8.95. The summed E-state index contributed by atoms with van der Waals surface area (Å²) in [6.45, 7) is 6.67. The maximum absolute atomic E-state index is 12.9. The number of methoxy groups -OCH3 is 1. The fourth-order valence-corrected chi connectivity index (χ4v) is 3.09. The minimum Gasteiger partial charge on any atom is -0.496 e. The molecule has 5 nitrogen and oxygen atoms in total. The van der Waals surface area contributed by atoms with Crippen molar-refractivity contribution >= 4 is 11.6 Å². The van der Waals surface area contributed by atoms with Gasteiger partial charge in [0.1, 0.15) is 5.75 Å². The van der Waals surface area contributed by atoms with Gasteiger partial charge in [0.25, 0.3) is 5.91 Å². The third-order valence-corrected chi connectivity index (χ3v) is 4.51. The molecule has 1 aliphatic rings. The minimum absolute atomic E-state index is 0.0377. The number of para-hydroxylation sites is 1. The van der Waals surface area contributed by atoms with Crippen LogP contribution in [-0.4, -0.2) is 42.8 Å². The minimum atomic E-state index is -0.195. The molecule has 5 heteroatoms. The SMILES string of the molecule is C=CCN(CC1CC(c2ccccc2OC)=NO1)C(=O)c1ccc(C)cc1. The molecule has 140 valence electrons. The van der Waals surface area contributed by atoms with Gasteiger partial charge in [0.15, 0.2) is 6.10 Å². The van der Waals surface area contributed by atoms with Crippen molar-refractivity contribution < 1.29 is 14.4 Å². The van der Waals surface area contributed by atoms with Crippen LogP contribution < -0.4 is 4.74 Å². The van der Waals surface area contributed by atoms with Gasteiger partial charge in [-0.1, -0.05) is 41.1 Å². The van der Waals surface area contributed by atoms with Crippen LogP contribution in [0, 0.1) is 6.92 Å². The Morgan fingerprint density at radius 3 is 2.74 bits per heavy atom. The van der Waals surface area contributed by atoms with Crippen molar-refractivity contribution in [3.8, 4) is 5.75 Å². The molecule has 2 aromatic rings. The molecule has 0 fully saturated rings. The van der Waals surface area contributed by atoms with Crippen molar-refractivity contribution in [3.05, 3.63) is 77.9 Å². The average Bonchev–Trinajstić information content (AvgIpc) is 3.16. The van der Waals surface area contributed by atoms with Crippen LogP contribution in [-0.2, 0) is 4.84 Å². The predicted molar refractivity (Wildman–Crippen MR) is 106 cm³/mol. The summed E-state index contributed by atoms with van der Waals surface area (Å²) in [5.41, 5.74) is 3.53. The molecule has 1 amide bonds. The molecule has 1 unspecified atom stereocenters. The van der Waals surface area contributed by atoms with Gasteiger partial charge in [-0.2, -0.15) is 0 Å². The summed E-state index contributed by atoms with van der Waals surface area (Å²) in [5.74, 6) is 0.725. The van der Waals surface area contributed by atoms with Gasteiger partial charge in [-0.15, -0.1) is 6.58 Å². The second-order valence-electron chi connectivity index (χ2n) is 6.53. The molecule has 0 aliphatic carbocycles. The Bertz CT molecular complexity index is 843. The van der Waals surface area contributed by atoms with Gasteiger partial charge < -0.3 is 14.5 Å². The Labute approximate surface area is 159 Å². The van der Waals surface area contributed by atoms with Gasteiger partial charge >= 0.3 is 0 Å². The Morgan fingerprint density at radius 1 is 1.30 bits per heavy atom. The van der Waals surface area contributed by atoms with Gasteiger partial charge in [0.05, 0.1) is 19.4 Å². The molecule has 0 N–H and O–H groups in total. The summed E-state index contributed by atoms with van der Waals surface area (Å²) >= 11 is 0. The molecular formula is C22H24N2O3. The molecule has 0 saturated carbocycles. The molecule has 0 aromatic heterocycles. The highest BCUT2D eigenvalue weighted by Gasteiger charge is 2.28. The van der Waals surface area contributed by atoms with E-state index in [1.165, 1.54) is 0 Å². The average molecular weight is 364 g/mol. The molecule has 0 saturated heterocycles. The second-order valence-corrected chi connectivity index (χ2v) is 6.53. The number of aryl methyl sites for hydroxylation is 1. The smallest absolute Gasteiger partial charge is 0.254 e. The standard InChI is InChI=1S/C22H24N2O3/c1-4-13-24(22(25)17-11-9-16(2)10-12-17)15-18-14-20(23-27-18)19-7-5-6-8-21(19)26-3/h4-12,18H,1,13-15H2,2-3H3. The van der Waals surface area contributed by atoms with Crippen molar-refractivity contribution in [3.63, 3.8) is 0 Å². The number of ether oxygens (including phenoxy) is 1. The summed E-state index contributed by atoms with van der Waals surface area (Å²) in [5, 5.41) is 4.23. The Kier molecular flexibility index (Phi) is 5.91. The number of benzene rings is 2. The largest absolute Gasteiger partial charge is 0.496 e. The van der Waals surface area contributed by atoms with Crippen LogP contribution in [0.2, 0.25) is 0 Å². The van der Waals surface area contributed by atoms with Gasteiger partial charge in [0.2, 0.25) is 0 Å². The van der Waals surface area contributed by atoms with E-state index < -0.39 is 0 Å². The van der Waals surface area contributed by atoms with E-state index in [0.717, 1.165) is 22.6 Å². The molecular weight excluding hydrogens is 340 g/mol. The lowest BCUT2D eigenvalue weighted by atomic mass is 10.0. The van der Waals surface area contributed by atoms with Gasteiger partial charge in [-0.05, 0) is 31.2 Å². The molecule has 27 heavy (non-hydrogen) atoms. The van der Waals surface area contributed by atoms with E-state index in [1.807, 2.05) is 55.5 Å². The van der Waals surface area contributed by atoms with Gasteiger partial charge in [-0.3, -0.25) is 4.79 Å². The van der Waals surface area contributed by atoms with E-state index in [-0.39, 0.29) is 12.0 Å². The summed E-state index contributed by atoms with van der Waals surface area (Å²) in [7, 11) is 1.64. The zero-order chi connectivity index (χ0) is 19.2. The van der Waals surface area contributed by atoms with Crippen LogP contribution in [0.4, 0.5) is 0 Å². The third-order valence-electron chi connectivity index (χ3n) is 4.51. The van der Waals surface area contributed by atoms with E-state index >= 15 is 0 Å². The molecule has 0 spiro atoms. The second kappa shape index (κ2) is 8.54. The lowest BCUT2D eigenvalue weighted by molar-refractivity contribution is 0.0450. The van der Waals surface area contributed by atoms with Crippen LogP contribution in [0.5, 0.6) is 5.75 Å². The van der Waals surface area contributed by atoms with E-state index in [4.69, 9.17) is 9.57 Å². The van der Waals surface area contributed by atoms with Crippen LogP contribution >= 0.6 is 0 Å². The van der Waals surface area contributed by atoms with Crippen LogP contribution in [0.25, 0.3) is 0 Å². The zero-order valence-electron chi connectivity index (χ0n) is 15.7. The Balaban J connectivity index is 1.69. The van der Waals surface area contributed by atoms with Crippen LogP contribution in [0.3, 0.4) is 0 Å². The van der Waals surface area contributed by atoms with Gasteiger partial charge in [0, 0.05) is 24.1 Å². The first kappa shape index (κ1) is 18.7. The molecule has 2 aromatic carbocycles. The first-order valence-corrected chi connectivity index (χ1v) is 8.95. The topological polar surface area (TPSA) is 51.1 Å². The fraction of sp³-hybridized carbons (Fsp3) is 0.273. The number of rotatable bonds is 7. The summed E-state index contributed by atoms with van der Waals surface area (Å²) in [6.07, 6.45) is 2.15. The van der Waals surface area contributed by atoms with Gasteiger partial charge in [-0.25, -0.2) is 0 Å². The number of nitrogens with zero attached hydrogens (tertiary/aromatic N) is 2. The normalized spacial score (nSPS) is 15.6. The molecule has 1 aliphatic heterocycles. The summed E-state index contributed by atoms with van der Waals surface area (Å²) < 4.78 is 5.40. The van der Waals surface area contributed by atoms with E-state index in [1.54, 1.807) is 18.1 Å². The lowest BCUT2D eigenvalue weighted by Gasteiger charge is -2.23. The summed E-state index contributed by atoms with van der Waals surface area (Å²) in [4.78, 5) is 20.2. The quantitative estimate of drug-likeness (QED) is 0.702. The molecule has 1 atom stereocenters. The van der Waals surface area contributed by atoms with E-state index in [0.29, 0.717) is 25.1 Å². The van der Waals surface area contributed by atoms with Crippen molar-refractivity contribution in [2.45, 2.75) is 19.4 Å². The van der Waals surface area contributed by atoms with E-state index in [9.17, 15) is 4.79 Å². The van der Waals surface area contributed by atoms with Crippen molar-refractivity contribution in [1.29, 1.82) is 0 Å². The predicted octanol–water partition coefficient (Wildman–Crippen LogP) is 3.83. The number of hydrogen-bond acceptors (Lipinski definition) is 4. The number of amides is 1. The lowest BCUT2D eigenvalue weighted by Crippen LogP contribution is -2.37. The Morgan fingerprint density at radius 2 is 2.04 bits per heavy atom. The maximum Gasteiger partial charge on any atom is 0.254 e. The molecule has 0 radical (unpaired) electrons. The number of carbonyl (C=O) groups is 1. The molecule has 3 rings (SSSR count). The first-order chi connectivity index (χ1) is 13.1. The van der Waals surface area contributed by atoms with Crippen LogP contribution in [0.1, 0.15) is 27.9 Å². The highest BCUT2D eigenvalue weighted by atomic mass is 16.6. The number of oxime groups is 1. The maximum atomic E-state index is 12.9. The third kappa shape index (κ3) is 4.37. The highest BCUT2D eigenvalue weighted by Crippen LogP contribution is 2.25. The van der Waals surface area contributed by atoms with Crippen LogP contribution in [0.15, 0.2) is 66.3 Å². The fourth-order valence-electron chi connectivity index (χ4n) is 3.09.